The molecule has 0 unspecified atom stereocenters. The Kier molecular flexibility index (Phi) is 7.42. The number of carbonyl (C=O) groups is 2. The topological polar surface area (TPSA) is 125 Å². The van der Waals surface area contributed by atoms with Gasteiger partial charge in [0.15, 0.2) is 0 Å². The zero-order valence-electron chi connectivity index (χ0n) is 14.7. The van der Waals surface area contributed by atoms with Crippen molar-refractivity contribution in [2.24, 2.45) is 0 Å². The fourth-order valence-electron chi connectivity index (χ4n) is 2.07. The summed E-state index contributed by atoms with van der Waals surface area (Å²) in [6.45, 7) is 0.415. The minimum absolute atomic E-state index is 0.121. The van der Waals surface area contributed by atoms with E-state index in [4.69, 9.17) is 9.90 Å². The maximum atomic E-state index is 11.9. The number of nitrogens with zero attached hydrogens (tertiary/aromatic N) is 2. The number of aromatic amines is 1. The van der Waals surface area contributed by atoms with Crippen LogP contribution in [0, 0.1) is 0 Å². The second-order valence-electron chi connectivity index (χ2n) is 5.54. The number of aromatic nitrogens is 3. The van der Waals surface area contributed by atoms with Gasteiger partial charge < -0.3 is 15.4 Å². The van der Waals surface area contributed by atoms with Crippen molar-refractivity contribution in [2.75, 3.05) is 0 Å². The van der Waals surface area contributed by atoms with Crippen molar-refractivity contribution >= 4 is 34.2 Å². The quantitative estimate of drug-likeness (QED) is 0.573. The highest BCUT2D eigenvalue weighted by atomic mass is 32.1. The van der Waals surface area contributed by atoms with Gasteiger partial charge in [0.2, 0.25) is 5.91 Å². The number of hydrogen-bond donors (Lipinski definition) is 3. The highest BCUT2D eigenvalue weighted by molar-refractivity contribution is 7.09. The summed E-state index contributed by atoms with van der Waals surface area (Å²) in [5.74, 6) is -2.88. The number of amides is 1. The molecule has 3 N–H and O–H groups in total. The molecule has 0 aliphatic carbocycles. The molecule has 2 heterocycles. The highest BCUT2D eigenvalue weighted by Gasteiger charge is 2.38. The van der Waals surface area contributed by atoms with Gasteiger partial charge in [0, 0.05) is 24.4 Å². The lowest BCUT2D eigenvalue weighted by molar-refractivity contribution is -0.192. The summed E-state index contributed by atoms with van der Waals surface area (Å²) in [5.41, 5.74) is 1.55. The Balaban J connectivity index is 0.000000370. The molecule has 0 aliphatic rings. The summed E-state index contributed by atoms with van der Waals surface area (Å²) >= 11 is 1.49. The highest BCUT2D eigenvalue weighted by Crippen LogP contribution is 2.13. The lowest BCUT2D eigenvalue weighted by Crippen LogP contribution is -2.24. The van der Waals surface area contributed by atoms with E-state index < -0.39 is 12.1 Å². The van der Waals surface area contributed by atoms with Crippen LogP contribution in [-0.2, 0) is 22.6 Å². The number of thiazole rings is 1. The number of alkyl halides is 3. The Morgan fingerprint density at radius 1 is 1.24 bits per heavy atom. The first-order chi connectivity index (χ1) is 13.7. The smallest absolute Gasteiger partial charge is 0.475 e. The SMILES string of the molecule is O=C(CCc1nc2ccccc2[nH]c1=O)NCc1nccs1.O=C(O)C(F)(F)F. The second kappa shape index (κ2) is 9.78. The molecule has 0 saturated heterocycles. The third-order valence-corrected chi connectivity index (χ3v) is 4.20. The Bertz CT molecular complexity index is 1040. The van der Waals surface area contributed by atoms with Crippen molar-refractivity contribution in [3.05, 3.63) is 56.9 Å². The first kappa shape index (κ1) is 22.0. The summed E-state index contributed by atoms with van der Waals surface area (Å²) in [7, 11) is 0. The molecule has 8 nitrogen and oxygen atoms in total. The monoisotopic (exact) mass is 428 g/mol. The molecule has 154 valence electrons. The number of H-pyrrole nitrogens is 1. The van der Waals surface area contributed by atoms with E-state index in [1.165, 1.54) is 11.3 Å². The van der Waals surface area contributed by atoms with Crippen LogP contribution in [0.4, 0.5) is 13.2 Å². The van der Waals surface area contributed by atoms with E-state index in [1.54, 1.807) is 12.3 Å². The molecule has 3 aromatic rings. The van der Waals surface area contributed by atoms with Crippen molar-refractivity contribution in [1.29, 1.82) is 0 Å². The fourth-order valence-corrected chi connectivity index (χ4v) is 2.63. The molecule has 12 heteroatoms. The fraction of sp³-hybridized carbons (Fsp3) is 0.235. The summed E-state index contributed by atoms with van der Waals surface area (Å²) in [4.78, 5) is 43.8. The van der Waals surface area contributed by atoms with Crippen LogP contribution < -0.4 is 10.9 Å². The average Bonchev–Trinajstić information content (AvgIpc) is 3.18. The van der Waals surface area contributed by atoms with Crippen molar-refractivity contribution in [3.8, 4) is 0 Å². The van der Waals surface area contributed by atoms with Crippen LogP contribution >= 0.6 is 11.3 Å². The largest absolute Gasteiger partial charge is 0.490 e. The lowest BCUT2D eigenvalue weighted by atomic mass is 10.2. The van der Waals surface area contributed by atoms with Crippen LogP contribution in [0.15, 0.2) is 40.6 Å². The van der Waals surface area contributed by atoms with Gasteiger partial charge in [-0.05, 0) is 12.1 Å². The Labute approximate surface area is 165 Å². The standard InChI is InChI=1S/C15H14N4O2S.C2HF3O2/c20-13(17-9-14-16-7-8-22-14)6-5-12-15(21)19-11-4-2-1-3-10(11)18-12;3-2(4,5)1(6)7/h1-4,7-8H,5-6,9H2,(H,17,20)(H,19,21);(H,6,7). The molecule has 0 spiro atoms. The zero-order chi connectivity index (χ0) is 21.4. The third-order valence-electron chi connectivity index (χ3n) is 3.42. The summed E-state index contributed by atoms with van der Waals surface area (Å²) in [6.07, 6.45) is -2.85. The van der Waals surface area contributed by atoms with Gasteiger partial charge in [-0.2, -0.15) is 13.2 Å². The van der Waals surface area contributed by atoms with E-state index in [0.717, 1.165) is 10.5 Å². The number of carbonyl (C=O) groups excluding carboxylic acids is 1. The first-order valence-electron chi connectivity index (χ1n) is 8.10. The number of carboxylic acid groups (broad SMARTS) is 1. The molecule has 0 fully saturated rings. The number of fused-ring (bicyclic) bond motifs is 1. The molecule has 3 rings (SSSR count). The normalized spacial score (nSPS) is 10.9. The van der Waals surface area contributed by atoms with Gasteiger partial charge in [0.05, 0.1) is 17.6 Å². The maximum absolute atomic E-state index is 11.9. The molecule has 1 aromatic carbocycles. The molecule has 1 amide bonds. The lowest BCUT2D eigenvalue weighted by Gasteiger charge is -2.04. The molecule has 0 bridgehead atoms. The van der Waals surface area contributed by atoms with E-state index >= 15 is 0 Å². The van der Waals surface area contributed by atoms with Crippen molar-refractivity contribution in [3.63, 3.8) is 0 Å². The number of nitrogens with one attached hydrogen (secondary N) is 2. The Morgan fingerprint density at radius 3 is 2.55 bits per heavy atom. The van der Waals surface area contributed by atoms with E-state index in [9.17, 15) is 22.8 Å². The van der Waals surface area contributed by atoms with E-state index in [0.29, 0.717) is 24.2 Å². The van der Waals surface area contributed by atoms with Crippen LogP contribution in [0.2, 0.25) is 0 Å². The molecular formula is C17H15F3N4O4S. The predicted octanol–water partition coefficient (Wildman–Crippen LogP) is 2.26. The average molecular weight is 428 g/mol. The number of halogens is 3. The number of para-hydroxylation sites is 2. The van der Waals surface area contributed by atoms with Gasteiger partial charge in [0.25, 0.3) is 5.56 Å². The maximum Gasteiger partial charge on any atom is 0.490 e. The van der Waals surface area contributed by atoms with Gasteiger partial charge in [-0.1, -0.05) is 12.1 Å². The number of rotatable bonds is 5. The van der Waals surface area contributed by atoms with Gasteiger partial charge in [-0.25, -0.2) is 14.8 Å². The summed E-state index contributed by atoms with van der Waals surface area (Å²) < 4.78 is 31.7. The molecule has 0 aliphatic heterocycles. The van der Waals surface area contributed by atoms with Gasteiger partial charge in [-0.3, -0.25) is 9.59 Å². The summed E-state index contributed by atoms with van der Waals surface area (Å²) in [5, 5.41) is 12.6. The number of hydrogen-bond acceptors (Lipinski definition) is 6. The molecular weight excluding hydrogens is 413 g/mol. The number of carboxylic acids is 1. The van der Waals surface area contributed by atoms with Crippen LogP contribution in [-0.4, -0.2) is 38.1 Å². The van der Waals surface area contributed by atoms with E-state index in [-0.39, 0.29) is 17.9 Å². The van der Waals surface area contributed by atoms with Crippen LogP contribution in [0.1, 0.15) is 17.1 Å². The Morgan fingerprint density at radius 2 is 1.93 bits per heavy atom. The molecule has 2 aromatic heterocycles. The molecule has 0 radical (unpaired) electrons. The molecule has 0 saturated carbocycles. The number of benzene rings is 1. The van der Waals surface area contributed by atoms with Gasteiger partial charge in [0.1, 0.15) is 10.7 Å². The Hall–Kier alpha value is -3.28. The minimum Gasteiger partial charge on any atom is -0.475 e. The van der Waals surface area contributed by atoms with Crippen LogP contribution in [0.25, 0.3) is 11.0 Å². The molecule has 0 atom stereocenters. The first-order valence-corrected chi connectivity index (χ1v) is 8.98. The minimum atomic E-state index is -5.08. The number of aliphatic carboxylic acids is 1. The predicted molar refractivity (Wildman–Crippen MR) is 98.3 cm³/mol. The van der Waals surface area contributed by atoms with Crippen LogP contribution in [0.5, 0.6) is 0 Å². The van der Waals surface area contributed by atoms with Crippen molar-refractivity contribution in [2.45, 2.75) is 25.6 Å². The number of aryl methyl sites for hydroxylation is 1. The zero-order valence-corrected chi connectivity index (χ0v) is 15.5. The van der Waals surface area contributed by atoms with Crippen molar-refractivity contribution < 1.29 is 27.9 Å². The van der Waals surface area contributed by atoms with Gasteiger partial charge >= 0.3 is 12.1 Å². The third kappa shape index (κ3) is 6.99. The van der Waals surface area contributed by atoms with Gasteiger partial charge in [-0.15, -0.1) is 11.3 Å². The summed E-state index contributed by atoms with van der Waals surface area (Å²) in [6, 6.07) is 7.33. The van der Waals surface area contributed by atoms with E-state index in [2.05, 4.69) is 20.3 Å². The van der Waals surface area contributed by atoms with E-state index in [1.807, 2.05) is 23.6 Å². The second-order valence-corrected chi connectivity index (χ2v) is 6.51. The molecule has 29 heavy (non-hydrogen) atoms. The van der Waals surface area contributed by atoms with Crippen molar-refractivity contribution in [1.82, 2.24) is 20.3 Å². The van der Waals surface area contributed by atoms with Crippen LogP contribution in [0.3, 0.4) is 0 Å².